The lowest BCUT2D eigenvalue weighted by molar-refractivity contribution is -0.384. The van der Waals surface area contributed by atoms with Crippen molar-refractivity contribution in [1.82, 2.24) is 9.97 Å². The second kappa shape index (κ2) is 5.88. The molecule has 0 amide bonds. The number of ether oxygens (including phenoxy) is 1. The number of non-ortho nitro benzene ring substituents is 1. The molecule has 0 aliphatic heterocycles. The Kier molecular flexibility index (Phi) is 3.57. The number of hydrogen-bond donors (Lipinski definition) is 0. The molecule has 0 spiro atoms. The molecule has 1 aliphatic carbocycles. The molecule has 0 unspecified atom stereocenters. The summed E-state index contributed by atoms with van der Waals surface area (Å²) in [6.07, 6.45) is 2.37. The van der Waals surface area contributed by atoms with E-state index in [0.29, 0.717) is 35.1 Å². The van der Waals surface area contributed by atoms with Crippen molar-refractivity contribution in [2.45, 2.75) is 12.8 Å². The third kappa shape index (κ3) is 2.90. The minimum Gasteiger partial charge on any atom is -0.463 e. The average Bonchev–Trinajstić information content (AvgIpc) is 3.44. The molecule has 0 bridgehead atoms. The van der Waals surface area contributed by atoms with Crippen LogP contribution in [0.3, 0.4) is 0 Å². The number of nitro groups is 1. The summed E-state index contributed by atoms with van der Waals surface area (Å²) in [6, 6.07) is 14.5. The maximum absolute atomic E-state index is 11.1. The van der Waals surface area contributed by atoms with E-state index in [2.05, 4.69) is 9.97 Å². The Morgan fingerprint density at radius 2 is 1.92 bits per heavy atom. The van der Waals surface area contributed by atoms with Gasteiger partial charge in [0.25, 0.3) is 5.69 Å². The minimum atomic E-state index is -0.411. The normalized spacial score (nSPS) is 13.8. The molecule has 4 rings (SSSR count). The van der Waals surface area contributed by atoms with Crippen LogP contribution in [-0.2, 0) is 0 Å². The van der Waals surface area contributed by atoms with Crippen LogP contribution in [0.4, 0.5) is 5.69 Å². The predicted molar refractivity (Wildman–Crippen MR) is 89.8 cm³/mol. The van der Waals surface area contributed by atoms with E-state index in [1.54, 1.807) is 6.07 Å². The van der Waals surface area contributed by atoms with Crippen molar-refractivity contribution >= 4 is 16.6 Å². The number of benzene rings is 2. The van der Waals surface area contributed by atoms with E-state index in [1.807, 2.05) is 30.3 Å². The first-order valence-electron chi connectivity index (χ1n) is 7.85. The summed E-state index contributed by atoms with van der Waals surface area (Å²) in [6.45, 7) is 0.618. The molecule has 0 radical (unpaired) electrons. The van der Waals surface area contributed by atoms with Gasteiger partial charge in [0.1, 0.15) is 0 Å². The molecule has 24 heavy (non-hydrogen) atoms. The third-order valence-electron chi connectivity index (χ3n) is 4.06. The van der Waals surface area contributed by atoms with Gasteiger partial charge in [0.2, 0.25) is 0 Å². The highest BCUT2D eigenvalue weighted by Gasteiger charge is 2.23. The van der Waals surface area contributed by atoms with Crippen molar-refractivity contribution in [2.75, 3.05) is 6.61 Å². The molecular weight excluding hydrogens is 306 g/mol. The van der Waals surface area contributed by atoms with Crippen molar-refractivity contribution in [2.24, 2.45) is 5.92 Å². The fraction of sp³-hybridized carbons (Fsp3) is 0.222. The molecule has 1 aliphatic rings. The van der Waals surface area contributed by atoms with Crippen LogP contribution >= 0.6 is 0 Å². The largest absolute Gasteiger partial charge is 0.463 e. The number of hydrogen-bond acceptors (Lipinski definition) is 5. The zero-order valence-electron chi connectivity index (χ0n) is 12.9. The maximum atomic E-state index is 11.1. The Morgan fingerprint density at radius 1 is 1.12 bits per heavy atom. The quantitative estimate of drug-likeness (QED) is 0.524. The smallest absolute Gasteiger partial charge is 0.317 e. The standard InChI is InChI=1S/C18H15N3O3/c22-21(23)14-8-9-16-15(10-14)17(13-4-2-1-3-5-13)20-18(19-16)24-11-12-6-7-12/h1-5,8-10,12H,6-7,11H2. The van der Waals surface area contributed by atoms with Crippen LogP contribution in [0, 0.1) is 16.0 Å². The Labute approximate surface area is 138 Å². The molecule has 6 nitrogen and oxygen atoms in total. The van der Waals surface area contributed by atoms with Crippen LogP contribution in [0.15, 0.2) is 48.5 Å². The highest BCUT2D eigenvalue weighted by molar-refractivity contribution is 5.93. The van der Waals surface area contributed by atoms with Crippen LogP contribution < -0.4 is 4.74 Å². The fourth-order valence-electron chi connectivity index (χ4n) is 2.57. The van der Waals surface area contributed by atoms with E-state index in [0.717, 1.165) is 5.56 Å². The number of nitrogens with zero attached hydrogens (tertiary/aromatic N) is 3. The number of aromatic nitrogens is 2. The molecule has 120 valence electrons. The Balaban J connectivity index is 1.85. The Bertz CT molecular complexity index is 908. The van der Waals surface area contributed by atoms with Crippen molar-refractivity contribution in [3.63, 3.8) is 0 Å². The molecule has 0 atom stereocenters. The van der Waals surface area contributed by atoms with E-state index in [9.17, 15) is 10.1 Å². The van der Waals surface area contributed by atoms with E-state index in [4.69, 9.17) is 4.74 Å². The molecule has 2 aromatic carbocycles. The van der Waals surface area contributed by atoms with Crippen LogP contribution in [0.2, 0.25) is 0 Å². The van der Waals surface area contributed by atoms with Crippen molar-refractivity contribution < 1.29 is 9.66 Å². The highest BCUT2D eigenvalue weighted by atomic mass is 16.6. The van der Waals surface area contributed by atoms with Crippen LogP contribution in [0.25, 0.3) is 22.2 Å². The van der Waals surface area contributed by atoms with Crippen LogP contribution in [-0.4, -0.2) is 21.5 Å². The van der Waals surface area contributed by atoms with E-state index >= 15 is 0 Å². The Morgan fingerprint density at radius 3 is 2.62 bits per heavy atom. The molecule has 1 fully saturated rings. The first-order valence-corrected chi connectivity index (χ1v) is 7.85. The summed E-state index contributed by atoms with van der Waals surface area (Å²) in [7, 11) is 0. The third-order valence-corrected chi connectivity index (χ3v) is 4.06. The zero-order valence-corrected chi connectivity index (χ0v) is 12.9. The van der Waals surface area contributed by atoms with Crippen molar-refractivity contribution in [3.8, 4) is 17.3 Å². The lowest BCUT2D eigenvalue weighted by Crippen LogP contribution is -2.04. The molecule has 0 saturated heterocycles. The number of rotatable bonds is 5. The van der Waals surface area contributed by atoms with Gasteiger partial charge < -0.3 is 4.74 Å². The van der Waals surface area contributed by atoms with Gasteiger partial charge in [0.05, 0.1) is 22.7 Å². The molecule has 1 saturated carbocycles. The highest BCUT2D eigenvalue weighted by Crippen LogP contribution is 2.32. The molecule has 1 aromatic heterocycles. The molecule has 0 N–H and O–H groups in total. The zero-order chi connectivity index (χ0) is 16.5. The fourth-order valence-corrected chi connectivity index (χ4v) is 2.57. The SMILES string of the molecule is O=[N+]([O-])c1ccc2nc(OCC3CC3)nc(-c3ccccc3)c2c1. The Hall–Kier alpha value is -3.02. The lowest BCUT2D eigenvalue weighted by atomic mass is 10.1. The van der Waals surface area contributed by atoms with Crippen LogP contribution in [0.5, 0.6) is 6.01 Å². The summed E-state index contributed by atoms with van der Waals surface area (Å²) >= 11 is 0. The second-order valence-corrected chi connectivity index (χ2v) is 5.93. The summed E-state index contributed by atoms with van der Waals surface area (Å²) in [4.78, 5) is 19.6. The first kappa shape index (κ1) is 14.6. The van der Waals surface area contributed by atoms with Gasteiger partial charge in [-0.25, -0.2) is 0 Å². The number of fused-ring (bicyclic) bond motifs is 1. The van der Waals surface area contributed by atoms with E-state index in [-0.39, 0.29) is 5.69 Å². The van der Waals surface area contributed by atoms with Gasteiger partial charge in [-0.2, -0.15) is 9.97 Å². The van der Waals surface area contributed by atoms with Gasteiger partial charge >= 0.3 is 6.01 Å². The summed E-state index contributed by atoms with van der Waals surface area (Å²) in [5.74, 6) is 0.598. The van der Waals surface area contributed by atoms with Gasteiger partial charge in [0.15, 0.2) is 0 Å². The summed E-state index contributed by atoms with van der Waals surface area (Å²) < 4.78 is 5.72. The van der Waals surface area contributed by atoms with Gasteiger partial charge in [-0.15, -0.1) is 0 Å². The molecule has 3 aromatic rings. The second-order valence-electron chi connectivity index (χ2n) is 5.93. The number of nitro benzene ring substituents is 1. The molecule has 1 heterocycles. The van der Waals surface area contributed by atoms with Gasteiger partial charge in [0, 0.05) is 23.1 Å². The molecular formula is C18H15N3O3. The van der Waals surface area contributed by atoms with Crippen molar-refractivity contribution in [1.29, 1.82) is 0 Å². The summed E-state index contributed by atoms with van der Waals surface area (Å²) in [5, 5.41) is 11.7. The summed E-state index contributed by atoms with van der Waals surface area (Å²) in [5.41, 5.74) is 2.19. The van der Waals surface area contributed by atoms with Crippen molar-refractivity contribution in [3.05, 3.63) is 58.6 Å². The van der Waals surface area contributed by atoms with Gasteiger partial charge in [-0.3, -0.25) is 10.1 Å². The first-order chi connectivity index (χ1) is 11.7. The van der Waals surface area contributed by atoms with Gasteiger partial charge in [-0.1, -0.05) is 30.3 Å². The topological polar surface area (TPSA) is 78.2 Å². The van der Waals surface area contributed by atoms with E-state index < -0.39 is 4.92 Å². The maximum Gasteiger partial charge on any atom is 0.317 e. The predicted octanol–water partition coefficient (Wildman–Crippen LogP) is 3.99. The average molecular weight is 321 g/mol. The molecule has 6 heteroatoms. The van der Waals surface area contributed by atoms with E-state index in [1.165, 1.54) is 25.0 Å². The van der Waals surface area contributed by atoms with Gasteiger partial charge in [-0.05, 0) is 24.8 Å². The minimum absolute atomic E-state index is 0.0231. The monoisotopic (exact) mass is 321 g/mol. The lowest BCUT2D eigenvalue weighted by Gasteiger charge is -2.09. The van der Waals surface area contributed by atoms with Crippen LogP contribution in [0.1, 0.15) is 12.8 Å².